The molecule has 0 unspecified atom stereocenters. The predicted octanol–water partition coefficient (Wildman–Crippen LogP) is 2.96. The maximum Gasteiger partial charge on any atom is 0.308 e. The van der Waals surface area contributed by atoms with Gasteiger partial charge in [0.2, 0.25) is 0 Å². The molecule has 2 heterocycles. The third-order valence-electron chi connectivity index (χ3n) is 4.25. The summed E-state index contributed by atoms with van der Waals surface area (Å²) >= 11 is 3.36. The SMILES string of the molecule is COC(=O)C1CCN(C(C)(C)c2ccc(Br)nc2)CC1. The van der Waals surface area contributed by atoms with Gasteiger partial charge in [-0.25, -0.2) is 4.98 Å². The third kappa shape index (κ3) is 3.20. The molecule has 0 amide bonds. The van der Waals surface area contributed by atoms with Crippen LogP contribution in [0.15, 0.2) is 22.9 Å². The van der Waals surface area contributed by atoms with E-state index in [0.717, 1.165) is 30.5 Å². The Morgan fingerprint density at radius 3 is 2.55 bits per heavy atom. The Labute approximate surface area is 128 Å². The topological polar surface area (TPSA) is 42.4 Å². The van der Waals surface area contributed by atoms with Crippen LogP contribution in [-0.4, -0.2) is 36.1 Å². The lowest BCUT2D eigenvalue weighted by molar-refractivity contribution is -0.147. The van der Waals surface area contributed by atoms with Crippen LogP contribution in [0.3, 0.4) is 0 Å². The Bertz CT molecular complexity index is 465. The number of carbonyl (C=O) groups excluding carboxylic acids is 1. The lowest BCUT2D eigenvalue weighted by atomic mass is 9.88. The number of piperidine rings is 1. The van der Waals surface area contributed by atoms with E-state index in [1.54, 1.807) is 0 Å². The standard InChI is InChI=1S/C15H21BrN2O2/c1-15(2,12-4-5-13(16)17-10-12)18-8-6-11(7-9-18)14(19)20-3/h4-5,10-11H,6-9H2,1-3H3. The number of hydrogen-bond donors (Lipinski definition) is 0. The normalized spacial score (nSPS) is 18.0. The summed E-state index contributed by atoms with van der Waals surface area (Å²) in [5.74, 6) is -0.0251. The summed E-state index contributed by atoms with van der Waals surface area (Å²) in [6, 6.07) is 4.07. The van der Waals surface area contributed by atoms with Crippen LogP contribution in [0.1, 0.15) is 32.3 Å². The van der Waals surface area contributed by atoms with Crippen molar-refractivity contribution in [2.24, 2.45) is 5.92 Å². The van der Waals surface area contributed by atoms with Crippen LogP contribution in [0.5, 0.6) is 0 Å². The molecule has 5 heteroatoms. The maximum absolute atomic E-state index is 11.6. The van der Waals surface area contributed by atoms with E-state index in [2.05, 4.69) is 45.7 Å². The van der Waals surface area contributed by atoms with Gasteiger partial charge in [-0.1, -0.05) is 6.07 Å². The molecule has 0 aromatic carbocycles. The Morgan fingerprint density at radius 2 is 2.05 bits per heavy atom. The number of esters is 1. The van der Waals surface area contributed by atoms with E-state index < -0.39 is 0 Å². The fourth-order valence-corrected chi connectivity index (χ4v) is 3.00. The molecule has 1 aliphatic heterocycles. The molecule has 0 atom stereocenters. The summed E-state index contributed by atoms with van der Waals surface area (Å²) in [5, 5.41) is 0. The number of carbonyl (C=O) groups is 1. The quantitative estimate of drug-likeness (QED) is 0.626. The Balaban J connectivity index is 2.05. The van der Waals surface area contributed by atoms with Gasteiger partial charge in [0.25, 0.3) is 0 Å². The first kappa shape index (κ1) is 15.4. The average Bonchev–Trinajstić information content (AvgIpc) is 2.47. The number of aromatic nitrogens is 1. The predicted molar refractivity (Wildman–Crippen MR) is 81.3 cm³/mol. The number of hydrogen-bond acceptors (Lipinski definition) is 4. The highest BCUT2D eigenvalue weighted by Gasteiger charge is 2.34. The van der Waals surface area contributed by atoms with Crippen LogP contribution in [0.25, 0.3) is 0 Å². The van der Waals surface area contributed by atoms with Gasteiger partial charge in [-0.2, -0.15) is 0 Å². The molecule has 0 N–H and O–H groups in total. The third-order valence-corrected chi connectivity index (χ3v) is 4.72. The van der Waals surface area contributed by atoms with Gasteiger partial charge in [0.1, 0.15) is 4.60 Å². The monoisotopic (exact) mass is 340 g/mol. The number of rotatable bonds is 3. The van der Waals surface area contributed by atoms with Crippen molar-refractivity contribution in [3.05, 3.63) is 28.5 Å². The van der Waals surface area contributed by atoms with Crippen LogP contribution >= 0.6 is 15.9 Å². The summed E-state index contributed by atoms with van der Waals surface area (Å²) in [5.41, 5.74) is 1.12. The van der Waals surface area contributed by atoms with Gasteiger partial charge >= 0.3 is 5.97 Å². The van der Waals surface area contributed by atoms with E-state index in [4.69, 9.17) is 4.74 Å². The number of likely N-dealkylation sites (tertiary alicyclic amines) is 1. The zero-order valence-electron chi connectivity index (χ0n) is 12.2. The van der Waals surface area contributed by atoms with Gasteiger partial charge < -0.3 is 4.74 Å². The van der Waals surface area contributed by atoms with Gasteiger partial charge in [0.15, 0.2) is 0 Å². The van der Waals surface area contributed by atoms with E-state index in [1.807, 2.05) is 12.3 Å². The van der Waals surface area contributed by atoms with Crippen LogP contribution in [-0.2, 0) is 15.1 Å². The molecule has 0 bridgehead atoms. The lowest BCUT2D eigenvalue weighted by Crippen LogP contribution is -2.47. The molecule has 1 aromatic heterocycles. The van der Waals surface area contributed by atoms with Crippen molar-refractivity contribution in [1.82, 2.24) is 9.88 Å². The molecule has 0 spiro atoms. The van der Waals surface area contributed by atoms with Crippen molar-refractivity contribution < 1.29 is 9.53 Å². The highest BCUT2D eigenvalue weighted by molar-refractivity contribution is 9.10. The second kappa shape index (κ2) is 6.22. The fraction of sp³-hybridized carbons (Fsp3) is 0.600. The smallest absolute Gasteiger partial charge is 0.308 e. The van der Waals surface area contributed by atoms with E-state index in [0.29, 0.717) is 0 Å². The fourth-order valence-electron chi connectivity index (χ4n) is 2.76. The summed E-state index contributed by atoms with van der Waals surface area (Å²) < 4.78 is 5.68. The summed E-state index contributed by atoms with van der Waals surface area (Å²) in [6.07, 6.45) is 3.64. The van der Waals surface area contributed by atoms with Gasteiger partial charge in [-0.05, 0) is 67.3 Å². The highest BCUT2D eigenvalue weighted by atomic mass is 79.9. The molecule has 1 aromatic rings. The van der Waals surface area contributed by atoms with Crippen LogP contribution in [0.2, 0.25) is 0 Å². The molecule has 0 saturated carbocycles. The maximum atomic E-state index is 11.6. The van der Waals surface area contributed by atoms with Crippen molar-refractivity contribution in [1.29, 1.82) is 0 Å². The van der Waals surface area contributed by atoms with E-state index in [9.17, 15) is 4.79 Å². The first-order chi connectivity index (χ1) is 9.45. The molecule has 110 valence electrons. The second-order valence-electron chi connectivity index (χ2n) is 5.71. The molecule has 4 nitrogen and oxygen atoms in total. The Kier molecular flexibility index (Phi) is 4.81. The highest BCUT2D eigenvalue weighted by Crippen LogP contribution is 2.32. The van der Waals surface area contributed by atoms with Crippen LogP contribution in [0, 0.1) is 5.92 Å². The summed E-state index contributed by atoms with van der Waals surface area (Å²) in [6.45, 7) is 6.22. The Hall–Kier alpha value is -0.940. The molecule has 0 aliphatic carbocycles. The molecule has 2 rings (SSSR count). The number of halogens is 1. The van der Waals surface area contributed by atoms with Crippen molar-refractivity contribution in [3.63, 3.8) is 0 Å². The zero-order valence-corrected chi connectivity index (χ0v) is 13.8. The number of methoxy groups -OCH3 is 1. The molecule has 20 heavy (non-hydrogen) atoms. The van der Waals surface area contributed by atoms with E-state index in [-0.39, 0.29) is 17.4 Å². The molecule has 1 saturated heterocycles. The van der Waals surface area contributed by atoms with E-state index in [1.165, 1.54) is 12.7 Å². The van der Waals surface area contributed by atoms with Crippen molar-refractivity contribution in [2.75, 3.05) is 20.2 Å². The van der Waals surface area contributed by atoms with Crippen LogP contribution in [0.4, 0.5) is 0 Å². The first-order valence-electron chi connectivity index (χ1n) is 6.90. The average molecular weight is 341 g/mol. The van der Waals surface area contributed by atoms with Crippen LogP contribution < -0.4 is 0 Å². The number of pyridine rings is 1. The van der Waals surface area contributed by atoms with Crippen molar-refractivity contribution >= 4 is 21.9 Å². The van der Waals surface area contributed by atoms with Gasteiger partial charge in [0, 0.05) is 11.7 Å². The Morgan fingerprint density at radius 1 is 1.40 bits per heavy atom. The molecular weight excluding hydrogens is 320 g/mol. The first-order valence-corrected chi connectivity index (χ1v) is 7.69. The number of nitrogens with zero attached hydrogens (tertiary/aromatic N) is 2. The molecule has 0 radical (unpaired) electrons. The minimum atomic E-state index is -0.0761. The van der Waals surface area contributed by atoms with Crippen molar-refractivity contribution in [2.45, 2.75) is 32.2 Å². The minimum absolute atomic E-state index is 0.0510. The van der Waals surface area contributed by atoms with Crippen molar-refractivity contribution in [3.8, 4) is 0 Å². The molecular formula is C15H21BrN2O2. The summed E-state index contributed by atoms with van der Waals surface area (Å²) in [4.78, 5) is 18.3. The van der Waals surface area contributed by atoms with Gasteiger partial charge in [-0.3, -0.25) is 9.69 Å². The molecule has 1 fully saturated rings. The number of ether oxygens (including phenoxy) is 1. The molecule has 1 aliphatic rings. The van der Waals surface area contributed by atoms with Gasteiger partial charge in [-0.15, -0.1) is 0 Å². The zero-order chi connectivity index (χ0) is 14.8. The van der Waals surface area contributed by atoms with E-state index >= 15 is 0 Å². The minimum Gasteiger partial charge on any atom is -0.469 e. The largest absolute Gasteiger partial charge is 0.469 e. The summed E-state index contributed by atoms with van der Waals surface area (Å²) in [7, 11) is 1.46. The van der Waals surface area contributed by atoms with Gasteiger partial charge in [0.05, 0.1) is 13.0 Å². The lowest BCUT2D eigenvalue weighted by Gasteiger charge is -2.42. The second-order valence-corrected chi connectivity index (χ2v) is 6.53.